The van der Waals surface area contributed by atoms with Crippen molar-refractivity contribution in [3.05, 3.63) is 12.2 Å². The van der Waals surface area contributed by atoms with E-state index in [0.717, 1.165) is 38.9 Å². The van der Waals surface area contributed by atoms with E-state index in [9.17, 15) is 4.79 Å². The maximum absolute atomic E-state index is 10.3. The molecule has 0 spiro atoms. The van der Waals surface area contributed by atoms with Gasteiger partial charge < -0.3 is 9.84 Å². The van der Waals surface area contributed by atoms with Crippen molar-refractivity contribution in [1.29, 1.82) is 0 Å². The van der Waals surface area contributed by atoms with Crippen molar-refractivity contribution in [2.75, 3.05) is 26.2 Å². The number of carbonyl (C=O) groups is 1. The third-order valence-corrected chi connectivity index (χ3v) is 3.15. The van der Waals surface area contributed by atoms with Gasteiger partial charge in [-0.25, -0.2) is 0 Å². The van der Waals surface area contributed by atoms with Gasteiger partial charge in [0.1, 0.15) is 0 Å². The molecule has 0 aromatic carbocycles. The third-order valence-electron chi connectivity index (χ3n) is 3.15. The van der Waals surface area contributed by atoms with Gasteiger partial charge in [-0.3, -0.25) is 9.69 Å². The first-order chi connectivity index (χ1) is 8.11. The fourth-order valence-electron chi connectivity index (χ4n) is 1.97. The van der Waals surface area contributed by atoms with E-state index in [2.05, 4.69) is 18.4 Å². The minimum absolute atomic E-state index is 0.104. The molecule has 1 saturated heterocycles. The van der Waals surface area contributed by atoms with E-state index in [1.54, 1.807) is 0 Å². The number of aliphatic carboxylic acids is 1. The zero-order chi connectivity index (χ0) is 12.7. The molecule has 1 heterocycles. The van der Waals surface area contributed by atoms with Crippen LogP contribution in [0.3, 0.4) is 0 Å². The summed E-state index contributed by atoms with van der Waals surface area (Å²) >= 11 is 0. The normalized spacial score (nSPS) is 18.2. The van der Waals surface area contributed by atoms with Crippen LogP contribution < -0.4 is 0 Å². The molecule has 1 aliphatic rings. The summed E-state index contributed by atoms with van der Waals surface area (Å²) in [6.07, 6.45) is 3.37. The van der Waals surface area contributed by atoms with Crippen LogP contribution in [0.1, 0.15) is 32.6 Å². The van der Waals surface area contributed by atoms with E-state index in [0.29, 0.717) is 6.61 Å². The van der Waals surface area contributed by atoms with Gasteiger partial charge in [0.05, 0.1) is 19.1 Å². The molecule has 0 atom stereocenters. The SMILES string of the molecule is C=C(CC)CN1CCC(OCCC(=O)O)CC1. The molecule has 4 heteroatoms. The lowest BCUT2D eigenvalue weighted by atomic mass is 10.1. The molecule has 4 nitrogen and oxygen atoms in total. The number of rotatable bonds is 7. The van der Waals surface area contributed by atoms with E-state index in [1.807, 2.05) is 0 Å². The number of hydrogen-bond acceptors (Lipinski definition) is 3. The van der Waals surface area contributed by atoms with Crippen LogP contribution in [0.2, 0.25) is 0 Å². The first kappa shape index (κ1) is 14.2. The minimum Gasteiger partial charge on any atom is -0.481 e. The summed E-state index contributed by atoms with van der Waals surface area (Å²) in [5.41, 5.74) is 1.27. The quantitative estimate of drug-likeness (QED) is 0.692. The maximum Gasteiger partial charge on any atom is 0.305 e. The number of ether oxygens (including phenoxy) is 1. The molecule has 0 radical (unpaired) electrons. The predicted octanol–water partition coefficient (Wildman–Crippen LogP) is 1.91. The monoisotopic (exact) mass is 241 g/mol. The van der Waals surface area contributed by atoms with Gasteiger partial charge in [0.25, 0.3) is 0 Å². The Balaban J connectivity index is 2.13. The topological polar surface area (TPSA) is 49.8 Å². The van der Waals surface area contributed by atoms with E-state index >= 15 is 0 Å². The Morgan fingerprint density at radius 2 is 2.12 bits per heavy atom. The van der Waals surface area contributed by atoms with Gasteiger partial charge >= 0.3 is 5.97 Å². The zero-order valence-electron chi connectivity index (χ0n) is 10.7. The van der Waals surface area contributed by atoms with Crippen LogP contribution in [0, 0.1) is 0 Å². The first-order valence-electron chi connectivity index (χ1n) is 6.34. The third kappa shape index (κ3) is 5.84. The lowest BCUT2D eigenvalue weighted by Crippen LogP contribution is -2.38. The van der Waals surface area contributed by atoms with E-state index in [-0.39, 0.29) is 12.5 Å². The molecule has 17 heavy (non-hydrogen) atoms. The highest BCUT2D eigenvalue weighted by Gasteiger charge is 2.19. The predicted molar refractivity (Wildman–Crippen MR) is 67.1 cm³/mol. The van der Waals surface area contributed by atoms with Gasteiger partial charge in [0.15, 0.2) is 0 Å². The smallest absolute Gasteiger partial charge is 0.305 e. The maximum atomic E-state index is 10.3. The second-order valence-electron chi connectivity index (χ2n) is 4.59. The Hall–Kier alpha value is -0.870. The Labute approximate surface area is 103 Å². The molecule has 1 fully saturated rings. The van der Waals surface area contributed by atoms with Crippen molar-refractivity contribution < 1.29 is 14.6 Å². The molecule has 1 N–H and O–H groups in total. The molecule has 0 bridgehead atoms. The number of hydrogen-bond donors (Lipinski definition) is 1. The summed E-state index contributed by atoms with van der Waals surface area (Å²) in [5.74, 6) is -0.790. The van der Waals surface area contributed by atoms with Gasteiger partial charge in [-0.2, -0.15) is 0 Å². The van der Waals surface area contributed by atoms with Crippen LogP contribution in [0.25, 0.3) is 0 Å². The average molecular weight is 241 g/mol. The van der Waals surface area contributed by atoms with Crippen LogP contribution in [0.4, 0.5) is 0 Å². The fourth-order valence-corrected chi connectivity index (χ4v) is 1.97. The molecule has 0 amide bonds. The Kier molecular flexibility index (Phi) is 6.22. The van der Waals surface area contributed by atoms with E-state index in [1.165, 1.54) is 5.57 Å². The van der Waals surface area contributed by atoms with Crippen LogP contribution in [0.15, 0.2) is 12.2 Å². The Morgan fingerprint density at radius 1 is 1.47 bits per heavy atom. The van der Waals surface area contributed by atoms with Gasteiger partial charge in [-0.05, 0) is 19.3 Å². The van der Waals surface area contributed by atoms with Gasteiger partial charge in [-0.1, -0.05) is 19.1 Å². The standard InChI is InChI=1S/C13H23NO3/c1-3-11(2)10-14-7-4-12(5-8-14)17-9-6-13(15)16/h12H,2-10H2,1H3,(H,15,16). The first-order valence-corrected chi connectivity index (χ1v) is 6.34. The van der Waals surface area contributed by atoms with E-state index < -0.39 is 5.97 Å². The van der Waals surface area contributed by atoms with Crippen LogP contribution in [0.5, 0.6) is 0 Å². The summed E-state index contributed by atoms with van der Waals surface area (Å²) < 4.78 is 5.54. The Bertz CT molecular complexity index is 257. The highest BCUT2D eigenvalue weighted by molar-refractivity contribution is 5.66. The highest BCUT2D eigenvalue weighted by atomic mass is 16.5. The summed E-state index contributed by atoms with van der Waals surface area (Å²) in [6, 6.07) is 0. The van der Waals surface area contributed by atoms with Crippen molar-refractivity contribution in [2.24, 2.45) is 0 Å². The fraction of sp³-hybridized carbons (Fsp3) is 0.769. The van der Waals surface area contributed by atoms with Gasteiger partial charge in [-0.15, -0.1) is 0 Å². The molecular formula is C13H23NO3. The van der Waals surface area contributed by atoms with Crippen LogP contribution in [-0.4, -0.2) is 48.3 Å². The van der Waals surface area contributed by atoms with Crippen LogP contribution >= 0.6 is 0 Å². The molecular weight excluding hydrogens is 218 g/mol. The number of carboxylic acid groups (broad SMARTS) is 1. The Morgan fingerprint density at radius 3 is 2.65 bits per heavy atom. The van der Waals surface area contributed by atoms with Crippen molar-refractivity contribution >= 4 is 5.97 Å². The van der Waals surface area contributed by atoms with Crippen molar-refractivity contribution in [1.82, 2.24) is 4.90 Å². The minimum atomic E-state index is -0.790. The van der Waals surface area contributed by atoms with Gasteiger partial charge in [0.2, 0.25) is 0 Å². The number of nitrogens with zero attached hydrogens (tertiary/aromatic N) is 1. The molecule has 1 rings (SSSR count). The molecule has 0 aromatic rings. The number of carboxylic acids is 1. The highest BCUT2D eigenvalue weighted by Crippen LogP contribution is 2.15. The lowest BCUT2D eigenvalue weighted by molar-refractivity contribution is -0.138. The van der Waals surface area contributed by atoms with Crippen LogP contribution in [-0.2, 0) is 9.53 Å². The van der Waals surface area contributed by atoms with Crippen molar-refractivity contribution in [3.8, 4) is 0 Å². The second kappa shape index (κ2) is 7.45. The van der Waals surface area contributed by atoms with Gasteiger partial charge in [0, 0.05) is 19.6 Å². The zero-order valence-corrected chi connectivity index (χ0v) is 10.7. The molecule has 98 valence electrons. The van der Waals surface area contributed by atoms with Crippen molar-refractivity contribution in [2.45, 2.75) is 38.7 Å². The molecule has 1 aliphatic heterocycles. The summed E-state index contributed by atoms with van der Waals surface area (Å²) in [4.78, 5) is 12.7. The summed E-state index contributed by atoms with van der Waals surface area (Å²) in [7, 11) is 0. The molecule has 0 aromatic heterocycles. The number of piperidine rings is 1. The van der Waals surface area contributed by atoms with E-state index in [4.69, 9.17) is 9.84 Å². The molecule has 0 aliphatic carbocycles. The summed E-state index contributed by atoms with van der Waals surface area (Å²) in [6.45, 7) is 9.51. The average Bonchev–Trinajstić information content (AvgIpc) is 2.31. The van der Waals surface area contributed by atoms with Crippen molar-refractivity contribution in [3.63, 3.8) is 0 Å². The largest absolute Gasteiger partial charge is 0.481 e. The second-order valence-corrected chi connectivity index (χ2v) is 4.59. The molecule has 0 unspecified atom stereocenters. The number of likely N-dealkylation sites (tertiary alicyclic amines) is 1. The lowest BCUT2D eigenvalue weighted by Gasteiger charge is -2.32. The molecule has 0 saturated carbocycles. The summed E-state index contributed by atoms with van der Waals surface area (Å²) in [5, 5.41) is 8.51.